The lowest BCUT2D eigenvalue weighted by Crippen LogP contribution is -2.34. The van der Waals surface area contributed by atoms with Crippen LogP contribution in [0.15, 0.2) is 0 Å². The van der Waals surface area contributed by atoms with Gasteiger partial charge in [-0.2, -0.15) is 0 Å². The summed E-state index contributed by atoms with van der Waals surface area (Å²) in [6, 6.07) is 0. The molecule has 0 saturated carbocycles. The summed E-state index contributed by atoms with van der Waals surface area (Å²) in [6.07, 6.45) is 2.21. The van der Waals surface area contributed by atoms with Gasteiger partial charge in [0.25, 0.3) is 5.97 Å². The highest BCUT2D eigenvalue weighted by molar-refractivity contribution is 4.48. The van der Waals surface area contributed by atoms with Crippen molar-refractivity contribution in [2.75, 3.05) is 26.9 Å². The van der Waals surface area contributed by atoms with Crippen molar-refractivity contribution in [3.05, 3.63) is 0 Å². The second kappa shape index (κ2) is 8.17. The molecule has 0 aliphatic carbocycles. The van der Waals surface area contributed by atoms with E-state index >= 15 is 0 Å². The van der Waals surface area contributed by atoms with Crippen LogP contribution in [0.3, 0.4) is 0 Å². The zero-order valence-electron chi connectivity index (χ0n) is 9.41. The summed E-state index contributed by atoms with van der Waals surface area (Å²) >= 11 is 0. The standard InChI is InChI=1S/C10H22O4/c1-4-7-13-8-6-9-14-10(11,5-2)12-3/h11H,4-9H2,1-3H3. The van der Waals surface area contributed by atoms with Gasteiger partial charge in [-0.3, -0.25) is 0 Å². The molecule has 0 fully saturated rings. The van der Waals surface area contributed by atoms with Gasteiger partial charge < -0.3 is 19.3 Å². The van der Waals surface area contributed by atoms with E-state index in [9.17, 15) is 5.11 Å². The highest BCUT2D eigenvalue weighted by Crippen LogP contribution is 2.12. The minimum Gasteiger partial charge on any atom is -0.381 e. The van der Waals surface area contributed by atoms with E-state index in [0.717, 1.165) is 19.4 Å². The van der Waals surface area contributed by atoms with Gasteiger partial charge in [-0.15, -0.1) is 0 Å². The largest absolute Gasteiger partial charge is 0.381 e. The molecule has 4 nitrogen and oxygen atoms in total. The molecule has 0 bridgehead atoms. The predicted molar refractivity (Wildman–Crippen MR) is 53.9 cm³/mol. The van der Waals surface area contributed by atoms with Crippen molar-refractivity contribution in [3.8, 4) is 0 Å². The number of ether oxygens (including phenoxy) is 3. The van der Waals surface area contributed by atoms with Gasteiger partial charge >= 0.3 is 0 Å². The summed E-state index contributed by atoms with van der Waals surface area (Å²) in [7, 11) is 1.43. The third kappa shape index (κ3) is 6.32. The molecule has 86 valence electrons. The van der Waals surface area contributed by atoms with Crippen LogP contribution in [0.2, 0.25) is 0 Å². The summed E-state index contributed by atoms with van der Waals surface area (Å²) < 4.78 is 15.2. The topological polar surface area (TPSA) is 47.9 Å². The van der Waals surface area contributed by atoms with E-state index < -0.39 is 5.97 Å². The Kier molecular flexibility index (Phi) is 8.08. The summed E-state index contributed by atoms with van der Waals surface area (Å²) in [5, 5.41) is 9.55. The molecule has 0 saturated heterocycles. The molecule has 1 N–H and O–H groups in total. The van der Waals surface area contributed by atoms with Crippen LogP contribution in [0, 0.1) is 0 Å². The average Bonchev–Trinajstić information content (AvgIpc) is 2.23. The maximum absolute atomic E-state index is 9.55. The number of hydrogen-bond donors (Lipinski definition) is 1. The van der Waals surface area contributed by atoms with Crippen LogP contribution in [0.1, 0.15) is 33.1 Å². The maximum Gasteiger partial charge on any atom is 0.279 e. The molecule has 0 heterocycles. The Morgan fingerprint density at radius 2 is 1.86 bits per heavy atom. The molecule has 0 aliphatic heterocycles. The van der Waals surface area contributed by atoms with Gasteiger partial charge in [0.05, 0.1) is 6.61 Å². The molecule has 4 heteroatoms. The quantitative estimate of drug-likeness (QED) is 0.459. The molecule has 0 aliphatic rings. The number of rotatable bonds is 9. The molecule has 0 radical (unpaired) electrons. The highest BCUT2D eigenvalue weighted by atomic mass is 16.8. The lowest BCUT2D eigenvalue weighted by Gasteiger charge is -2.24. The lowest BCUT2D eigenvalue weighted by molar-refractivity contribution is -0.351. The van der Waals surface area contributed by atoms with Crippen LogP contribution in [0.4, 0.5) is 0 Å². The maximum atomic E-state index is 9.55. The molecule has 0 aromatic heterocycles. The van der Waals surface area contributed by atoms with Gasteiger partial charge in [-0.1, -0.05) is 13.8 Å². The van der Waals surface area contributed by atoms with E-state index in [1.165, 1.54) is 7.11 Å². The summed E-state index contributed by atoms with van der Waals surface area (Å²) in [6.45, 7) is 5.76. The van der Waals surface area contributed by atoms with E-state index in [2.05, 4.69) is 6.92 Å². The summed E-state index contributed by atoms with van der Waals surface area (Å²) in [4.78, 5) is 0. The van der Waals surface area contributed by atoms with Crippen molar-refractivity contribution in [1.82, 2.24) is 0 Å². The first-order chi connectivity index (χ1) is 6.68. The van der Waals surface area contributed by atoms with Crippen molar-refractivity contribution < 1.29 is 19.3 Å². The Morgan fingerprint density at radius 3 is 2.36 bits per heavy atom. The van der Waals surface area contributed by atoms with Gasteiger partial charge in [-0.05, 0) is 12.8 Å². The van der Waals surface area contributed by atoms with Crippen molar-refractivity contribution in [3.63, 3.8) is 0 Å². The SMILES string of the molecule is CCCOCCCOC(O)(CC)OC. The Balaban J connectivity index is 3.34. The third-order valence-electron chi connectivity index (χ3n) is 1.87. The van der Waals surface area contributed by atoms with Gasteiger partial charge in [0.2, 0.25) is 0 Å². The van der Waals surface area contributed by atoms with E-state index in [1.54, 1.807) is 6.92 Å². The van der Waals surface area contributed by atoms with Crippen LogP contribution in [0.5, 0.6) is 0 Å². The van der Waals surface area contributed by atoms with Gasteiger partial charge in [0.1, 0.15) is 0 Å². The number of methoxy groups -OCH3 is 1. The zero-order chi connectivity index (χ0) is 10.9. The Labute approximate surface area is 86.2 Å². The van der Waals surface area contributed by atoms with Gasteiger partial charge in [-0.25, -0.2) is 0 Å². The van der Waals surface area contributed by atoms with Crippen molar-refractivity contribution in [1.29, 1.82) is 0 Å². The minimum atomic E-state index is -1.43. The fourth-order valence-electron chi connectivity index (χ4n) is 0.944. The van der Waals surface area contributed by atoms with Crippen LogP contribution in [-0.2, 0) is 14.2 Å². The second-order valence-electron chi connectivity index (χ2n) is 3.08. The second-order valence-corrected chi connectivity index (χ2v) is 3.08. The normalized spacial score (nSPS) is 15.4. The summed E-state index contributed by atoms with van der Waals surface area (Å²) in [5.41, 5.74) is 0. The molecular formula is C10H22O4. The molecule has 14 heavy (non-hydrogen) atoms. The Hall–Kier alpha value is -0.160. The molecule has 0 aromatic rings. The van der Waals surface area contributed by atoms with Crippen molar-refractivity contribution in [2.45, 2.75) is 39.1 Å². The molecule has 0 rings (SSSR count). The molecule has 0 amide bonds. The first kappa shape index (κ1) is 13.8. The third-order valence-corrected chi connectivity index (χ3v) is 1.87. The van der Waals surface area contributed by atoms with Crippen LogP contribution < -0.4 is 0 Å². The van der Waals surface area contributed by atoms with E-state index in [4.69, 9.17) is 14.2 Å². The molecular weight excluding hydrogens is 184 g/mol. The van der Waals surface area contributed by atoms with Crippen molar-refractivity contribution >= 4 is 0 Å². The van der Waals surface area contributed by atoms with Crippen LogP contribution >= 0.6 is 0 Å². The first-order valence-electron chi connectivity index (χ1n) is 5.17. The smallest absolute Gasteiger partial charge is 0.279 e. The van der Waals surface area contributed by atoms with E-state index in [0.29, 0.717) is 19.6 Å². The highest BCUT2D eigenvalue weighted by Gasteiger charge is 2.23. The van der Waals surface area contributed by atoms with Gasteiger partial charge in [0, 0.05) is 26.7 Å². The summed E-state index contributed by atoms with van der Waals surface area (Å²) in [5.74, 6) is -1.43. The molecule has 0 spiro atoms. The van der Waals surface area contributed by atoms with Crippen LogP contribution in [0.25, 0.3) is 0 Å². The number of hydrogen-bond acceptors (Lipinski definition) is 4. The van der Waals surface area contributed by atoms with Gasteiger partial charge in [0.15, 0.2) is 0 Å². The lowest BCUT2D eigenvalue weighted by atomic mass is 10.4. The van der Waals surface area contributed by atoms with Crippen molar-refractivity contribution in [2.24, 2.45) is 0 Å². The monoisotopic (exact) mass is 206 g/mol. The predicted octanol–water partition coefficient (Wildman–Crippen LogP) is 1.52. The fourth-order valence-corrected chi connectivity index (χ4v) is 0.944. The Morgan fingerprint density at radius 1 is 1.14 bits per heavy atom. The molecule has 0 aromatic carbocycles. The number of aliphatic hydroxyl groups is 1. The average molecular weight is 206 g/mol. The zero-order valence-corrected chi connectivity index (χ0v) is 9.41. The Bertz CT molecular complexity index is 123. The fraction of sp³-hybridized carbons (Fsp3) is 1.00. The van der Waals surface area contributed by atoms with E-state index in [-0.39, 0.29) is 0 Å². The van der Waals surface area contributed by atoms with Crippen LogP contribution in [-0.4, -0.2) is 38.0 Å². The minimum absolute atomic E-state index is 0.416. The first-order valence-corrected chi connectivity index (χ1v) is 5.17. The molecule has 1 atom stereocenters. The molecule has 1 unspecified atom stereocenters. The van der Waals surface area contributed by atoms with E-state index in [1.807, 2.05) is 0 Å².